The summed E-state index contributed by atoms with van der Waals surface area (Å²) in [5, 5.41) is 11.3. The zero-order chi connectivity index (χ0) is 15.8. The Kier molecular flexibility index (Phi) is 6.52. The molecule has 0 fully saturated rings. The fourth-order valence-corrected chi connectivity index (χ4v) is 1.64. The highest BCUT2D eigenvalue weighted by Crippen LogP contribution is 2.13. The summed E-state index contributed by atoms with van der Waals surface area (Å²) in [5.41, 5.74) is 0.950. The molecule has 1 aromatic rings. The first kappa shape index (κ1) is 16.8. The Morgan fingerprint density at radius 3 is 2.43 bits per heavy atom. The van der Waals surface area contributed by atoms with E-state index in [0.29, 0.717) is 6.54 Å². The highest BCUT2D eigenvalue weighted by atomic mass is 16.5. The second-order valence-corrected chi connectivity index (χ2v) is 5.03. The highest BCUT2D eigenvalue weighted by molar-refractivity contribution is 5.75. The maximum atomic E-state index is 11.7. The monoisotopic (exact) mass is 294 g/mol. The van der Waals surface area contributed by atoms with Gasteiger partial charge in [-0.3, -0.25) is 4.79 Å². The van der Waals surface area contributed by atoms with Crippen molar-refractivity contribution < 1.29 is 19.4 Å². The first-order valence-electron chi connectivity index (χ1n) is 6.85. The van der Waals surface area contributed by atoms with Gasteiger partial charge in [0, 0.05) is 20.1 Å². The molecule has 21 heavy (non-hydrogen) atoms. The van der Waals surface area contributed by atoms with Crippen LogP contribution < -0.4 is 10.1 Å². The first-order valence-corrected chi connectivity index (χ1v) is 6.85. The number of rotatable bonds is 7. The zero-order valence-corrected chi connectivity index (χ0v) is 12.6. The van der Waals surface area contributed by atoms with Crippen LogP contribution in [0.5, 0.6) is 5.75 Å². The number of aliphatic carboxylic acids is 1. The quantitative estimate of drug-likeness (QED) is 0.807. The van der Waals surface area contributed by atoms with Gasteiger partial charge in [-0.1, -0.05) is 12.1 Å². The number of carbonyl (C=O) groups excluding carboxylic acids is 1. The standard InChI is InChI=1S/C15H22N2O4/c1-11(2)21-13-6-4-12(5-7-13)10-16-15(20)17(3)9-8-14(18)19/h4-7,11H,8-10H2,1-3H3,(H,16,20)(H,18,19). The molecule has 6 heteroatoms. The van der Waals surface area contributed by atoms with Gasteiger partial charge < -0.3 is 20.1 Å². The maximum absolute atomic E-state index is 11.7. The van der Waals surface area contributed by atoms with Crippen LogP contribution in [-0.4, -0.2) is 41.7 Å². The van der Waals surface area contributed by atoms with Gasteiger partial charge in [0.15, 0.2) is 0 Å². The number of hydrogen-bond acceptors (Lipinski definition) is 3. The fourth-order valence-electron chi connectivity index (χ4n) is 1.64. The van der Waals surface area contributed by atoms with Crippen molar-refractivity contribution in [2.24, 2.45) is 0 Å². The molecule has 0 radical (unpaired) electrons. The lowest BCUT2D eigenvalue weighted by molar-refractivity contribution is -0.137. The van der Waals surface area contributed by atoms with Crippen LogP contribution in [0.2, 0.25) is 0 Å². The molecule has 0 saturated heterocycles. The second-order valence-electron chi connectivity index (χ2n) is 5.03. The van der Waals surface area contributed by atoms with E-state index in [1.54, 1.807) is 7.05 Å². The van der Waals surface area contributed by atoms with Gasteiger partial charge in [-0.2, -0.15) is 0 Å². The van der Waals surface area contributed by atoms with Crippen molar-refractivity contribution in [3.05, 3.63) is 29.8 Å². The molecule has 0 aliphatic carbocycles. The summed E-state index contributed by atoms with van der Waals surface area (Å²) in [7, 11) is 1.57. The van der Waals surface area contributed by atoms with Crippen molar-refractivity contribution in [3.63, 3.8) is 0 Å². The molecule has 2 N–H and O–H groups in total. The summed E-state index contributed by atoms with van der Waals surface area (Å²) in [6, 6.07) is 7.19. The Hall–Kier alpha value is -2.24. The van der Waals surface area contributed by atoms with Crippen LogP contribution in [-0.2, 0) is 11.3 Å². The normalized spacial score (nSPS) is 10.3. The summed E-state index contributed by atoms with van der Waals surface area (Å²) in [6.07, 6.45) is 0.0592. The average Bonchev–Trinajstić information content (AvgIpc) is 2.43. The van der Waals surface area contributed by atoms with Gasteiger partial charge in [-0.25, -0.2) is 4.79 Å². The molecule has 0 atom stereocenters. The van der Waals surface area contributed by atoms with Crippen LogP contribution in [0, 0.1) is 0 Å². The van der Waals surface area contributed by atoms with Crippen molar-refractivity contribution in [2.45, 2.75) is 32.9 Å². The van der Waals surface area contributed by atoms with Crippen LogP contribution in [0.3, 0.4) is 0 Å². The number of benzene rings is 1. The zero-order valence-electron chi connectivity index (χ0n) is 12.6. The third-order valence-corrected chi connectivity index (χ3v) is 2.75. The number of amides is 2. The molecule has 0 heterocycles. The van der Waals surface area contributed by atoms with E-state index in [9.17, 15) is 9.59 Å². The molecular weight excluding hydrogens is 272 g/mol. The lowest BCUT2D eigenvalue weighted by Crippen LogP contribution is -2.37. The van der Waals surface area contributed by atoms with Crippen LogP contribution in [0.25, 0.3) is 0 Å². The average molecular weight is 294 g/mol. The lowest BCUT2D eigenvalue weighted by Gasteiger charge is -2.17. The first-order chi connectivity index (χ1) is 9.88. The van der Waals surface area contributed by atoms with Gasteiger partial charge in [0.25, 0.3) is 0 Å². The minimum Gasteiger partial charge on any atom is -0.491 e. The molecule has 116 valence electrons. The summed E-state index contributed by atoms with van der Waals surface area (Å²) in [6.45, 7) is 4.49. The molecule has 0 spiro atoms. The van der Waals surface area contributed by atoms with Crippen LogP contribution in [0.1, 0.15) is 25.8 Å². The number of carboxylic acids is 1. The van der Waals surface area contributed by atoms with Gasteiger partial charge >= 0.3 is 12.0 Å². The van der Waals surface area contributed by atoms with Crippen molar-refractivity contribution in [2.75, 3.05) is 13.6 Å². The summed E-state index contributed by atoms with van der Waals surface area (Å²) in [5.74, 6) is -0.131. The molecule has 1 aromatic carbocycles. The topological polar surface area (TPSA) is 78.9 Å². The number of nitrogens with one attached hydrogen (secondary N) is 1. The van der Waals surface area contributed by atoms with E-state index < -0.39 is 5.97 Å². The molecular formula is C15H22N2O4. The van der Waals surface area contributed by atoms with E-state index in [1.807, 2.05) is 38.1 Å². The van der Waals surface area contributed by atoms with E-state index >= 15 is 0 Å². The molecule has 0 bridgehead atoms. The predicted molar refractivity (Wildman–Crippen MR) is 79.3 cm³/mol. The Bertz CT molecular complexity index is 471. The Morgan fingerprint density at radius 1 is 1.29 bits per heavy atom. The highest BCUT2D eigenvalue weighted by Gasteiger charge is 2.09. The molecule has 1 rings (SSSR count). The van der Waals surface area contributed by atoms with Crippen molar-refractivity contribution >= 4 is 12.0 Å². The van der Waals surface area contributed by atoms with Crippen molar-refractivity contribution in [1.82, 2.24) is 10.2 Å². The third kappa shape index (κ3) is 6.65. The van der Waals surface area contributed by atoms with Gasteiger partial charge in [0.1, 0.15) is 5.75 Å². The number of carboxylic acid groups (broad SMARTS) is 1. The number of ether oxygens (including phenoxy) is 1. The Balaban J connectivity index is 2.40. The molecule has 6 nitrogen and oxygen atoms in total. The molecule has 0 unspecified atom stereocenters. The van der Waals surface area contributed by atoms with Crippen LogP contribution in [0.15, 0.2) is 24.3 Å². The lowest BCUT2D eigenvalue weighted by atomic mass is 10.2. The summed E-state index contributed by atoms with van der Waals surface area (Å²) < 4.78 is 5.54. The smallest absolute Gasteiger partial charge is 0.317 e. The fraction of sp³-hybridized carbons (Fsp3) is 0.467. The number of urea groups is 1. The van der Waals surface area contributed by atoms with E-state index in [0.717, 1.165) is 11.3 Å². The Labute approximate surface area is 124 Å². The van der Waals surface area contributed by atoms with Crippen LogP contribution in [0.4, 0.5) is 4.79 Å². The predicted octanol–water partition coefficient (Wildman–Crippen LogP) is 2.09. The van der Waals surface area contributed by atoms with Crippen molar-refractivity contribution in [1.29, 1.82) is 0 Å². The van der Waals surface area contributed by atoms with E-state index in [4.69, 9.17) is 9.84 Å². The van der Waals surface area contributed by atoms with Gasteiger partial charge in [-0.05, 0) is 31.5 Å². The van der Waals surface area contributed by atoms with E-state index in [-0.39, 0.29) is 25.1 Å². The van der Waals surface area contributed by atoms with Gasteiger partial charge in [0.2, 0.25) is 0 Å². The molecule has 0 aliphatic heterocycles. The number of carbonyl (C=O) groups is 2. The van der Waals surface area contributed by atoms with E-state index in [2.05, 4.69) is 5.32 Å². The summed E-state index contributed by atoms with van der Waals surface area (Å²) in [4.78, 5) is 23.5. The largest absolute Gasteiger partial charge is 0.491 e. The maximum Gasteiger partial charge on any atom is 0.317 e. The van der Waals surface area contributed by atoms with Gasteiger partial charge in [-0.15, -0.1) is 0 Å². The molecule has 0 saturated carbocycles. The molecule has 0 aliphatic rings. The molecule has 2 amide bonds. The Morgan fingerprint density at radius 2 is 1.90 bits per heavy atom. The van der Waals surface area contributed by atoms with Crippen LogP contribution >= 0.6 is 0 Å². The minimum atomic E-state index is -0.921. The minimum absolute atomic E-state index is 0.0643. The number of hydrogen-bond donors (Lipinski definition) is 2. The second kappa shape index (κ2) is 8.14. The summed E-state index contributed by atoms with van der Waals surface area (Å²) >= 11 is 0. The molecule has 0 aromatic heterocycles. The van der Waals surface area contributed by atoms with E-state index in [1.165, 1.54) is 4.90 Å². The third-order valence-electron chi connectivity index (χ3n) is 2.75. The SMILES string of the molecule is CC(C)Oc1ccc(CNC(=O)N(C)CCC(=O)O)cc1. The van der Waals surface area contributed by atoms with Crippen molar-refractivity contribution in [3.8, 4) is 5.75 Å². The number of nitrogens with zero attached hydrogens (tertiary/aromatic N) is 1. The van der Waals surface area contributed by atoms with Gasteiger partial charge in [0.05, 0.1) is 12.5 Å².